The minimum absolute atomic E-state index is 0.193. The number of hydrogen-bond acceptors (Lipinski definition) is 2. The predicted octanol–water partition coefficient (Wildman–Crippen LogP) is 3.89. The second kappa shape index (κ2) is 9.05. The fourth-order valence-electron chi connectivity index (χ4n) is 5.10. The van der Waals surface area contributed by atoms with Crippen molar-refractivity contribution in [2.45, 2.75) is 90.0 Å². The molecular formula is C21H36N2O2. The van der Waals surface area contributed by atoms with Gasteiger partial charge in [0.25, 0.3) is 0 Å². The molecule has 0 aromatic rings. The van der Waals surface area contributed by atoms with Gasteiger partial charge in [0.15, 0.2) is 0 Å². The van der Waals surface area contributed by atoms with Crippen molar-refractivity contribution in [2.24, 2.45) is 17.8 Å². The van der Waals surface area contributed by atoms with E-state index in [1.54, 1.807) is 0 Å². The highest BCUT2D eigenvalue weighted by Crippen LogP contribution is 2.30. The lowest BCUT2D eigenvalue weighted by atomic mass is 9.84. The summed E-state index contributed by atoms with van der Waals surface area (Å²) in [4.78, 5) is 27.2. The van der Waals surface area contributed by atoms with Gasteiger partial charge in [0, 0.05) is 31.5 Å². The molecule has 1 N–H and O–H groups in total. The third-order valence-corrected chi connectivity index (χ3v) is 6.80. The molecule has 4 nitrogen and oxygen atoms in total. The van der Waals surface area contributed by atoms with E-state index in [2.05, 4.69) is 17.1 Å². The summed E-state index contributed by atoms with van der Waals surface area (Å²) in [5.74, 6) is 2.13. The van der Waals surface area contributed by atoms with E-state index in [1.807, 2.05) is 0 Å². The maximum absolute atomic E-state index is 12.8. The van der Waals surface area contributed by atoms with Crippen molar-refractivity contribution in [1.82, 2.24) is 10.2 Å². The van der Waals surface area contributed by atoms with Crippen molar-refractivity contribution in [2.75, 3.05) is 13.1 Å². The lowest BCUT2D eigenvalue weighted by Crippen LogP contribution is -2.45. The molecule has 0 aromatic heterocycles. The molecule has 2 aliphatic carbocycles. The monoisotopic (exact) mass is 348 g/mol. The van der Waals surface area contributed by atoms with E-state index in [0.29, 0.717) is 30.2 Å². The first-order valence-corrected chi connectivity index (χ1v) is 10.7. The van der Waals surface area contributed by atoms with Gasteiger partial charge in [-0.15, -0.1) is 0 Å². The summed E-state index contributed by atoms with van der Waals surface area (Å²) >= 11 is 0. The van der Waals surface area contributed by atoms with E-state index < -0.39 is 0 Å². The number of nitrogens with zero attached hydrogens (tertiary/aromatic N) is 1. The van der Waals surface area contributed by atoms with Crippen LogP contribution in [0.2, 0.25) is 0 Å². The average molecular weight is 349 g/mol. The van der Waals surface area contributed by atoms with Gasteiger partial charge in [0.2, 0.25) is 11.8 Å². The number of rotatable bonds is 5. The maximum Gasteiger partial charge on any atom is 0.225 e. The Morgan fingerprint density at radius 2 is 1.60 bits per heavy atom. The van der Waals surface area contributed by atoms with E-state index in [4.69, 9.17) is 0 Å². The first-order valence-electron chi connectivity index (χ1n) is 10.7. The third kappa shape index (κ3) is 5.21. The number of amides is 2. The zero-order valence-corrected chi connectivity index (χ0v) is 16.0. The molecule has 2 amide bonds. The van der Waals surface area contributed by atoms with Crippen LogP contribution in [0.15, 0.2) is 0 Å². The molecule has 2 saturated carbocycles. The number of piperidine rings is 1. The van der Waals surface area contributed by atoms with Crippen molar-refractivity contribution in [3.05, 3.63) is 0 Å². The Bertz CT molecular complexity index is 451. The van der Waals surface area contributed by atoms with Gasteiger partial charge < -0.3 is 10.2 Å². The number of nitrogens with one attached hydrogen (secondary N) is 1. The van der Waals surface area contributed by atoms with E-state index in [0.717, 1.165) is 45.2 Å². The zero-order chi connectivity index (χ0) is 17.6. The molecule has 1 heterocycles. The molecule has 4 heteroatoms. The first-order chi connectivity index (χ1) is 12.2. The van der Waals surface area contributed by atoms with Crippen molar-refractivity contribution >= 4 is 11.8 Å². The van der Waals surface area contributed by atoms with Crippen LogP contribution in [0.3, 0.4) is 0 Å². The van der Waals surface area contributed by atoms with E-state index in [-0.39, 0.29) is 11.8 Å². The van der Waals surface area contributed by atoms with Crippen LogP contribution < -0.4 is 5.32 Å². The summed E-state index contributed by atoms with van der Waals surface area (Å²) in [5, 5.41) is 3.24. The van der Waals surface area contributed by atoms with Crippen molar-refractivity contribution < 1.29 is 9.59 Å². The second-order valence-electron chi connectivity index (χ2n) is 8.67. The summed E-state index contributed by atoms with van der Waals surface area (Å²) in [6.07, 6.45) is 13.2. The Balaban J connectivity index is 1.39. The van der Waals surface area contributed by atoms with Gasteiger partial charge in [-0.25, -0.2) is 0 Å². The Kier molecular flexibility index (Phi) is 6.77. The van der Waals surface area contributed by atoms with E-state index >= 15 is 0 Å². The summed E-state index contributed by atoms with van der Waals surface area (Å²) in [5.41, 5.74) is 0. The standard InChI is InChI=1S/C21H36N2O2/c1-2-16-8-5-13-23(15-16)21(25)18-9-11-19(12-10-18)22-20(24)14-17-6-3-4-7-17/h16-19H,2-15H2,1H3,(H,22,24). The SMILES string of the molecule is CCC1CCCN(C(=O)C2CCC(NC(=O)CC3CCCC3)CC2)C1. The Morgan fingerprint density at radius 1 is 0.920 bits per heavy atom. The van der Waals surface area contributed by atoms with Crippen LogP contribution in [0.5, 0.6) is 0 Å². The number of likely N-dealkylation sites (tertiary alicyclic amines) is 1. The van der Waals surface area contributed by atoms with Gasteiger partial charge >= 0.3 is 0 Å². The van der Waals surface area contributed by atoms with Gasteiger partial charge in [-0.1, -0.05) is 26.2 Å². The molecule has 1 unspecified atom stereocenters. The molecule has 0 bridgehead atoms. The van der Waals surface area contributed by atoms with Gasteiger partial charge in [-0.2, -0.15) is 0 Å². The van der Waals surface area contributed by atoms with Crippen LogP contribution in [-0.2, 0) is 9.59 Å². The lowest BCUT2D eigenvalue weighted by Gasteiger charge is -2.37. The summed E-state index contributed by atoms with van der Waals surface area (Å²) in [6, 6.07) is 0.294. The number of carbonyl (C=O) groups is 2. The summed E-state index contributed by atoms with van der Waals surface area (Å²) < 4.78 is 0. The van der Waals surface area contributed by atoms with E-state index in [1.165, 1.54) is 38.5 Å². The fraction of sp³-hybridized carbons (Fsp3) is 0.905. The van der Waals surface area contributed by atoms with Gasteiger partial charge in [-0.3, -0.25) is 9.59 Å². The number of carbonyl (C=O) groups excluding carboxylic acids is 2. The van der Waals surface area contributed by atoms with Crippen molar-refractivity contribution in [3.63, 3.8) is 0 Å². The summed E-state index contributed by atoms with van der Waals surface area (Å²) in [6.45, 7) is 4.15. The topological polar surface area (TPSA) is 49.4 Å². The van der Waals surface area contributed by atoms with Crippen LogP contribution in [-0.4, -0.2) is 35.8 Å². The highest BCUT2D eigenvalue weighted by atomic mass is 16.2. The number of hydrogen-bond donors (Lipinski definition) is 1. The molecule has 0 radical (unpaired) electrons. The van der Waals surface area contributed by atoms with E-state index in [9.17, 15) is 9.59 Å². The third-order valence-electron chi connectivity index (χ3n) is 6.80. The van der Waals surface area contributed by atoms with Crippen LogP contribution in [0, 0.1) is 17.8 Å². The van der Waals surface area contributed by atoms with Crippen molar-refractivity contribution in [1.29, 1.82) is 0 Å². The predicted molar refractivity (Wildman–Crippen MR) is 100 cm³/mol. The highest BCUT2D eigenvalue weighted by Gasteiger charge is 2.32. The molecule has 1 saturated heterocycles. The molecule has 3 rings (SSSR count). The zero-order valence-electron chi connectivity index (χ0n) is 16.0. The molecule has 0 spiro atoms. The quantitative estimate of drug-likeness (QED) is 0.819. The molecule has 1 aliphatic heterocycles. The van der Waals surface area contributed by atoms with Crippen molar-refractivity contribution in [3.8, 4) is 0 Å². The van der Waals surface area contributed by atoms with Crippen LogP contribution >= 0.6 is 0 Å². The Labute approximate surface area is 153 Å². The highest BCUT2D eigenvalue weighted by molar-refractivity contribution is 5.79. The Hall–Kier alpha value is -1.06. The molecule has 0 aromatic carbocycles. The Morgan fingerprint density at radius 3 is 2.28 bits per heavy atom. The lowest BCUT2D eigenvalue weighted by molar-refractivity contribution is -0.138. The van der Waals surface area contributed by atoms with Crippen LogP contribution in [0.4, 0.5) is 0 Å². The average Bonchev–Trinajstić information content (AvgIpc) is 3.14. The molecular weight excluding hydrogens is 312 g/mol. The summed E-state index contributed by atoms with van der Waals surface area (Å²) in [7, 11) is 0. The van der Waals surface area contributed by atoms with Gasteiger partial charge in [0.1, 0.15) is 0 Å². The van der Waals surface area contributed by atoms with Gasteiger partial charge in [0.05, 0.1) is 0 Å². The minimum atomic E-state index is 0.193. The smallest absolute Gasteiger partial charge is 0.225 e. The maximum atomic E-state index is 12.8. The second-order valence-corrected chi connectivity index (χ2v) is 8.67. The van der Waals surface area contributed by atoms with Crippen LogP contribution in [0.25, 0.3) is 0 Å². The normalized spacial score (nSPS) is 31.1. The molecule has 3 fully saturated rings. The largest absolute Gasteiger partial charge is 0.353 e. The molecule has 142 valence electrons. The first kappa shape index (κ1) is 18.7. The molecule has 25 heavy (non-hydrogen) atoms. The van der Waals surface area contributed by atoms with Gasteiger partial charge in [-0.05, 0) is 63.2 Å². The molecule has 1 atom stereocenters. The minimum Gasteiger partial charge on any atom is -0.353 e. The van der Waals surface area contributed by atoms with Crippen LogP contribution in [0.1, 0.15) is 84.0 Å². The fourth-order valence-corrected chi connectivity index (χ4v) is 5.10. The molecule has 3 aliphatic rings.